The normalized spacial score (nSPS) is 21.3. The van der Waals surface area contributed by atoms with Crippen molar-refractivity contribution in [3.05, 3.63) is 78.9 Å². The number of likely N-dealkylation sites (N-methyl/N-ethyl adjacent to an activating group) is 1. The molecule has 5 atom stereocenters. The van der Waals surface area contributed by atoms with Crippen molar-refractivity contribution in [1.29, 1.82) is 0 Å². The highest BCUT2D eigenvalue weighted by atomic mass is 31.2. The van der Waals surface area contributed by atoms with E-state index in [1.807, 2.05) is 0 Å². The van der Waals surface area contributed by atoms with E-state index in [0.717, 1.165) is 11.6 Å². The maximum Gasteiger partial charge on any atom is 0.447 e. The van der Waals surface area contributed by atoms with E-state index in [1.54, 1.807) is 30.3 Å². The Balaban J connectivity index is 1.88. The van der Waals surface area contributed by atoms with Crippen LogP contribution in [0.1, 0.15) is 23.8 Å². The number of aliphatic hydroxyl groups excluding tert-OH is 1. The summed E-state index contributed by atoms with van der Waals surface area (Å²) in [6, 6.07) is 6.05. The average Bonchev–Trinajstić information content (AvgIpc) is 3.24. The summed E-state index contributed by atoms with van der Waals surface area (Å²) in [7, 11) is -4.33. The lowest BCUT2D eigenvalue weighted by atomic mass is 10.1. The van der Waals surface area contributed by atoms with Gasteiger partial charge in [0.25, 0.3) is 11.5 Å². The van der Waals surface area contributed by atoms with Gasteiger partial charge in [-0.05, 0) is 24.4 Å². The minimum absolute atomic E-state index is 0.0332. The van der Waals surface area contributed by atoms with E-state index in [2.05, 4.69) is 15.0 Å². The Morgan fingerprint density at radius 3 is 2.62 bits per heavy atom. The van der Waals surface area contributed by atoms with Crippen LogP contribution in [0.4, 0.5) is 0 Å². The van der Waals surface area contributed by atoms with Gasteiger partial charge in [-0.25, -0.2) is 9.36 Å². The molecule has 6 N–H and O–H groups in total. The van der Waals surface area contributed by atoms with E-state index in [1.165, 1.54) is 13.1 Å². The van der Waals surface area contributed by atoms with Crippen LogP contribution in [0.3, 0.4) is 0 Å². The zero-order valence-electron chi connectivity index (χ0n) is 19.9. The van der Waals surface area contributed by atoms with Gasteiger partial charge in [-0.2, -0.15) is 9.79 Å². The molecule has 16 nitrogen and oxygen atoms in total. The summed E-state index contributed by atoms with van der Waals surface area (Å²) < 4.78 is 19.1. The second-order valence-corrected chi connectivity index (χ2v) is 9.87. The van der Waals surface area contributed by atoms with Gasteiger partial charge in [0.1, 0.15) is 12.3 Å². The average molecular weight is 538 g/mol. The Morgan fingerprint density at radius 1 is 1.38 bits per heavy atom. The monoisotopic (exact) mass is 538 g/mol. The number of nitrogens with one attached hydrogen (secondary N) is 1. The smallest absolute Gasteiger partial charge is 0.374 e. The number of azide groups is 1. The number of benzene rings is 1. The molecule has 17 heteroatoms. The van der Waals surface area contributed by atoms with Crippen molar-refractivity contribution in [1.82, 2.24) is 19.3 Å². The molecule has 3 rings (SSSR count). The van der Waals surface area contributed by atoms with Crippen LogP contribution in [0.2, 0.25) is 0 Å². The zero-order chi connectivity index (χ0) is 27.5. The van der Waals surface area contributed by atoms with Crippen LogP contribution in [0.5, 0.6) is 0 Å². The van der Waals surface area contributed by atoms with E-state index in [4.69, 9.17) is 16.0 Å². The lowest BCUT2D eigenvalue weighted by molar-refractivity contribution is -0.177. The summed E-state index contributed by atoms with van der Waals surface area (Å²) in [5.41, 5.74) is 14.3. The van der Waals surface area contributed by atoms with Gasteiger partial charge >= 0.3 is 13.4 Å². The van der Waals surface area contributed by atoms with Crippen molar-refractivity contribution in [2.75, 3.05) is 7.05 Å². The Bertz CT molecular complexity index is 1340. The molecule has 1 aliphatic heterocycles. The number of aryl methyl sites for hydroxylation is 1. The minimum Gasteiger partial charge on any atom is -0.374 e. The highest BCUT2D eigenvalue weighted by molar-refractivity contribution is 7.49. The van der Waals surface area contributed by atoms with Crippen LogP contribution < -0.4 is 17.0 Å². The number of aliphatic hydroxyl groups is 1. The number of nitrogens with two attached hydrogens (primary N) is 1. The molecule has 0 radical (unpaired) electrons. The van der Waals surface area contributed by atoms with Crippen molar-refractivity contribution in [2.24, 2.45) is 10.8 Å². The SMILES string of the molecule is Cc1cn([C@H]2C[C@H](N=[N+]=[N-])[C@@H](C(O)N(C)N(C(=O)[C@@H](N)Cc3ccccc3)P(=O)(O)O)O2)c(=O)[nH]c1=O. The fraction of sp³-hybridized carbons (Fsp3) is 0.450. The Hall–Kier alpha value is -3.33. The summed E-state index contributed by atoms with van der Waals surface area (Å²) in [6.45, 7) is 1.46. The molecular formula is C20H27N8O8P. The predicted molar refractivity (Wildman–Crippen MR) is 128 cm³/mol. The van der Waals surface area contributed by atoms with E-state index in [9.17, 15) is 33.8 Å². The van der Waals surface area contributed by atoms with E-state index < -0.39 is 55.5 Å². The number of hydrogen-bond donors (Lipinski definition) is 5. The topological polar surface area (TPSA) is 240 Å². The molecule has 1 aromatic heterocycles. The van der Waals surface area contributed by atoms with Gasteiger partial charge in [0.15, 0.2) is 6.23 Å². The Morgan fingerprint density at radius 2 is 2.03 bits per heavy atom. The van der Waals surface area contributed by atoms with Gasteiger partial charge in [-0.15, -0.1) is 0 Å². The van der Waals surface area contributed by atoms with E-state index in [0.29, 0.717) is 10.6 Å². The Labute approximate surface area is 209 Å². The number of aromatic nitrogens is 2. The van der Waals surface area contributed by atoms with Crippen LogP contribution in [-0.2, 0) is 20.5 Å². The standard InChI is InChI=1S/C20H27N8O8P/c1-11-10-27(20(32)23-17(11)29)15-9-14(24-25-22)16(36-15)19(31)26(2)28(37(33,34)35)18(30)13(21)8-12-6-4-3-5-7-12/h3-7,10,13-16,19,31H,8-9,21H2,1-2H3,(H,23,29,32)(H2,33,34,35)/t13-,14-,15+,16-,19?/m0/s1. The highest BCUT2D eigenvalue weighted by Crippen LogP contribution is 2.43. The summed E-state index contributed by atoms with van der Waals surface area (Å²) in [6.07, 6.45) is -3.41. The highest BCUT2D eigenvalue weighted by Gasteiger charge is 2.47. The van der Waals surface area contributed by atoms with Crippen molar-refractivity contribution in [2.45, 2.75) is 50.4 Å². The van der Waals surface area contributed by atoms with Crippen LogP contribution in [0, 0.1) is 6.92 Å². The fourth-order valence-electron chi connectivity index (χ4n) is 3.99. The minimum atomic E-state index is -5.35. The predicted octanol–water partition coefficient (Wildman–Crippen LogP) is -0.532. The number of rotatable bonds is 9. The summed E-state index contributed by atoms with van der Waals surface area (Å²) in [5.74, 6) is -1.18. The summed E-state index contributed by atoms with van der Waals surface area (Å²) in [5, 5.41) is 15.1. The number of nitrogens with zero attached hydrogens (tertiary/aromatic N) is 6. The van der Waals surface area contributed by atoms with Gasteiger partial charge < -0.3 is 25.4 Å². The number of carbonyl (C=O) groups excluding carboxylic acids is 1. The number of H-pyrrole nitrogens is 1. The lowest BCUT2D eigenvalue weighted by Crippen LogP contribution is -2.57. The van der Waals surface area contributed by atoms with Crippen LogP contribution in [0.15, 0.2) is 51.2 Å². The first-order valence-corrected chi connectivity index (χ1v) is 12.5. The first kappa shape index (κ1) is 28.2. The fourth-order valence-corrected chi connectivity index (χ4v) is 4.87. The van der Waals surface area contributed by atoms with Crippen LogP contribution in [0.25, 0.3) is 10.4 Å². The van der Waals surface area contributed by atoms with Crippen LogP contribution >= 0.6 is 7.75 Å². The number of hydrazine groups is 1. The molecular weight excluding hydrogens is 511 g/mol. The van der Waals surface area contributed by atoms with Gasteiger partial charge in [0.05, 0.1) is 12.1 Å². The molecule has 1 amide bonds. The maximum absolute atomic E-state index is 13.0. The molecule has 0 bridgehead atoms. The third kappa shape index (κ3) is 6.33. The molecule has 1 aliphatic rings. The largest absolute Gasteiger partial charge is 0.447 e. The molecule has 1 aromatic carbocycles. The Kier molecular flexibility index (Phi) is 8.68. The van der Waals surface area contributed by atoms with Gasteiger partial charge in [0.2, 0.25) is 0 Å². The number of ether oxygens (including phenoxy) is 1. The molecule has 2 heterocycles. The molecule has 0 aliphatic carbocycles. The van der Waals surface area contributed by atoms with Crippen molar-refractivity contribution < 1.29 is 29.0 Å². The third-order valence-electron chi connectivity index (χ3n) is 5.83. The molecule has 200 valence electrons. The second kappa shape index (κ2) is 11.4. The maximum atomic E-state index is 13.0. The zero-order valence-corrected chi connectivity index (χ0v) is 20.8. The molecule has 37 heavy (non-hydrogen) atoms. The number of hydrogen-bond acceptors (Lipinski definition) is 9. The third-order valence-corrected chi connectivity index (χ3v) is 6.80. The van der Waals surface area contributed by atoms with Gasteiger partial charge in [-0.1, -0.05) is 35.4 Å². The van der Waals surface area contributed by atoms with Crippen molar-refractivity contribution >= 4 is 13.7 Å². The summed E-state index contributed by atoms with van der Waals surface area (Å²) >= 11 is 0. The quantitative estimate of drug-likeness (QED) is 0.0682. The molecule has 1 unspecified atom stereocenters. The first-order chi connectivity index (χ1) is 17.3. The number of amides is 1. The van der Waals surface area contributed by atoms with Crippen molar-refractivity contribution in [3.8, 4) is 0 Å². The van der Waals surface area contributed by atoms with Gasteiger partial charge in [0, 0.05) is 30.1 Å². The molecule has 1 saturated heterocycles. The lowest BCUT2D eigenvalue weighted by Gasteiger charge is -2.38. The van der Waals surface area contributed by atoms with Gasteiger partial charge in [-0.3, -0.25) is 19.1 Å². The molecule has 0 spiro atoms. The molecule has 0 saturated carbocycles. The first-order valence-electron chi connectivity index (χ1n) is 11.0. The number of carbonyl (C=O) groups is 1. The number of aromatic amines is 1. The second-order valence-electron chi connectivity index (χ2n) is 8.47. The van der Waals surface area contributed by atoms with E-state index >= 15 is 0 Å². The van der Waals surface area contributed by atoms with Crippen molar-refractivity contribution in [3.63, 3.8) is 0 Å². The van der Waals surface area contributed by atoms with E-state index in [-0.39, 0.29) is 23.2 Å². The van der Waals surface area contributed by atoms with Crippen LogP contribution in [-0.4, -0.2) is 71.6 Å². The molecule has 1 fully saturated rings. The molecule has 2 aromatic rings. The summed E-state index contributed by atoms with van der Waals surface area (Å²) in [4.78, 5) is 61.7.